The normalized spacial score (nSPS) is 10.5. The molecule has 0 aromatic heterocycles. The zero-order chi connectivity index (χ0) is 21.5. The van der Waals surface area contributed by atoms with Crippen molar-refractivity contribution in [3.8, 4) is 5.75 Å². The van der Waals surface area contributed by atoms with Gasteiger partial charge in [0.25, 0.3) is 11.8 Å². The predicted octanol–water partition coefficient (Wildman–Crippen LogP) is 5.84. The average Bonchev–Trinajstić information content (AvgIpc) is 2.73. The second-order valence-corrected chi connectivity index (χ2v) is 7.99. The molecule has 0 bridgehead atoms. The molecular weight excluding hydrogens is 444 g/mol. The molecule has 30 heavy (non-hydrogen) atoms. The Morgan fingerprint density at radius 3 is 2.30 bits per heavy atom. The summed E-state index contributed by atoms with van der Waals surface area (Å²) in [4.78, 5) is 24.7. The molecule has 0 saturated carbocycles. The fourth-order valence-corrected chi connectivity index (χ4v) is 3.29. The number of benzene rings is 3. The zero-order valence-electron chi connectivity index (χ0n) is 16.8. The van der Waals surface area contributed by atoms with Crippen LogP contribution >= 0.6 is 15.9 Å². The molecule has 6 heteroatoms. The van der Waals surface area contributed by atoms with E-state index < -0.39 is 0 Å². The lowest BCUT2D eigenvalue weighted by atomic mass is 10.0. The molecule has 0 aliphatic rings. The van der Waals surface area contributed by atoms with E-state index in [0.717, 1.165) is 10.0 Å². The van der Waals surface area contributed by atoms with Crippen molar-refractivity contribution in [2.24, 2.45) is 0 Å². The van der Waals surface area contributed by atoms with Crippen molar-refractivity contribution >= 4 is 39.1 Å². The predicted molar refractivity (Wildman–Crippen MR) is 123 cm³/mol. The van der Waals surface area contributed by atoms with Crippen LogP contribution in [0, 0.1) is 0 Å². The van der Waals surface area contributed by atoms with Gasteiger partial charge in [0, 0.05) is 21.4 Å². The molecule has 3 aromatic rings. The van der Waals surface area contributed by atoms with E-state index in [1.54, 1.807) is 36.4 Å². The minimum atomic E-state index is -0.279. The summed E-state index contributed by atoms with van der Waals surface area (Å²) >= 11 is 3.46. The Balaban J connectivity index is 1.60. The van der Waals surface area contributed by atoms with Crippen molar-refractivity contribution < 1.29 is 14.3 Å². The van der Waals surface area contributed by atoms with Crippen LogP contribution in [0.25, 0.3) is 0 Å². The molecule has 0 spiro atoms. The number of rotatable bonds is 7. The smallest absolute Gasteiger partial charge is 0.262 e. The van der Waals surface area contributed by atoms with Gasteiger partial charge >= 0.3 is 0 Å². The summed E-state index contributed by atoms with van der Waals surface area (Å²) in [6.45, 7) is 4.04. The molecule has 3 aromatic carbocycles. The molecule has 0 aliphatic heterocycles. The molecular formula is C24H23BrN2O3. The van der Waals surface area contributed by atoms with Crippen LogP contribution in [0.2, 0.25) is 0 Å². The monoisotopic (exact) mass is 466 g/mol. The number of ether oxygens (including phenoxy) is 1. The lowest BCUT2D eigenvalue weighted by Gasteiger charge is -2.14. The Labute approximate surface area is 184 Å². The summed E-state index contributed by atoms with van der Waals surface area (Å²) < 4.78 is 6.71. The van der Waals surface area contributed by atoms with E-state index in [2.05, 4.69) is 40.4 Å². The fraction of sp³-hybridized carbons (Fsp3) is 0.167. The van der Waals surface area contributed by atoms with Gasteiger partial charge in [-0.15, -0.1) is 0 Å². The molecule has 2 N–H and O–H groups in total. The van der Waals surface area contributed by atoms with E-state index in [9.17, 15) is 9.59 Å². The number of carbonyl (C=O) groups excluding carboxylic acids is 2. The van der Waals surface area contributed by atoms with Gasteiger partial charge in [0.1, 0.15) is 5.75 Å². The third-order valence-electron chi connectivity index (χ3n) is 4.39. The summed E-state index contributed by atoms with van der Waals surface area (Å²) in [5, 5.41) is 5.63. The molecule has 3 rings (SSSR count). The largest absolute Gasteiger partial charge is 0.483 e. The minimum Gasteiger partial charge on any atom is -0.483 e. The van der Waals surface area contributed by atoms with Crippen LogP contribution in [0.15, 0.2) is 77.3 Å². The molecule has 0 aliphatic carbocycles. The van der Waals surface area contributed by atoms with Crippen molar-refractivity contribution in [2.45, 2.75) is 19.8 Å². The minimum absolute atomic E-state index is 0.109. The summed E-state index contributed by atoms with van der Waals surface area (Å²) in [6.07, 6.45) is 0. The van der Waals surface area contributed by atoms with Gasteiger partial charge < -0.3 is 15.4 Å². The molecule has 154 valence electrons. The third-order valence-corrected chi connectivity index (χ3v) is 4.89. The highest BCUT2D eigenvalue weighted by Gasteiger charge is 2.11. The number of hydrogen-bond donors (Lipinski definition) is 2. The maximum atomic E-state index is 12.4. The fourth-order valence-electron chi connectivity index (χ4n) is 2.91. The average molecular weight is 467 g/mol. The maximum Gasteiger partial charge on any atom is 0.262 e. The summed E-state index contributed by atoms with van der Waals surface area (Å²) in [7, 11) is 0. The number of carbonyl (C=O) groups is 2. The first-order valence-electron chi connectivity index (χ1n) is 9.61. The van der Waals surface area contributed by atoms with Crippen molar-refractivity contribution in [1.29, 1.82) is 0 Å². The molecule has 0 unspecified atom stereocenters. The van der Waals surface area contributed by atoms with Gasteiger partial charge in [0.2, 0.25) is 0 Å². The van der Waals surface area contributed by atoms with Crippen molar-refractivity contribution in [3.63, 3.8) is 0 Å². The Kier molecular flexibility index (Phi) is 7.25. The van der Waals surface area contributed by atoms with Gasteiger partial charge in [-0.05, 0) is 60.0 Å². The molecule has 0 saturated heterocycles. The number of nitrogens with one attached hydrogen (secondary N) is 2. The van der Waals surface area contributed by atoms with Gasteiger partial charge in [0.15, 0.2) is 6.61 Å². The Bertz CT molecular complexity index is 1040. The van der Waals surface area contributed by atoms with Crippen molar-refractivity contribution in [2.75, 3.05) is 17.2 Å². The summed E-state index contributed by atoms with van der Waals surface area (Å²) in [6, 6.07) is 21.7. The van der Waals surface area contributed by atoms with Crippen LogP contribution in [0.3, 0.4) is 0 Å². The molecule has 0 radical (unpaired) electrons. The molecule has 2 amide bonds. The number of hydrogen-bond acceptors (Lipinski definition) is 3. The van der Waals surface area contributed by atoms with E-state index in [0.29, 0.717) is 22.7 Å². The Morgan fingerprint density at radius 2 is 1.60 bits per heavy atom. The van der Waals surface area contributed by atoms with E-state index >= 15 is 0 Å². The van der Waals surface area contributed by atoms with Crippen LogP contribution in [-0.4, -0.2) is 18.4 Å². The second kappa shape index (κ2) is 10.1. The SMILES string of the molecule is CC(C)c1cc(Br)ccc1OCC(=O)Nc1cccc(NC(=O)c2ccccc2)c1. The van der Waals surface area contributed by atoms with Gasteiger partial charge in [-0.3, -0.25) is 9.59 Å². The van der Waals surface area contributed by atoms with Crippen LogP contribution in [0.5, 0.6) is 5.75 Å². The van der Waals surface area contributed by atoms with Gasteiger partial charge in [-0.25, -0.2) is 0 Å². The van der Waals surface area contributed by atoms with Crippen molar-refractivity contribution in [1.82, 2.24) is 0 Å². The highest BCUT2D eigenvalue weighted by Crippen LogP contribution is 2.29. The summed E-state index contributed by atoms with van der Waals surface area (Å²) in [5.74, 6) is 0.468. The Morgan fingerprint density at radius 1 is 0.900 bits per heavy atom. The van der Waals surface area contributed by atoms with Crippen LogP contribution in [0.1, 0.15) is 35.7 Å². The molecule has 0 atom stereocenters. The number of anilines is 2. The van der Waals surface area contributed by atoms with Crippen molar-refractivity contribution in [3.05, 3.63) is 88.4 Å². The lowest BCUT2D eigenvalue weighted by molar-refractivity contribution is -0.118. The van der Waals surface area contributed by atoms with Gasteiger partial charge in [-0.2, -0.15) is 0 Å². The number of halogens is 1. The van der Waals surface area contributed by atoms with Crippen LogP contribution in [0.4, 0.5) is 11.4 Å². The molecule has 0 fully saturated rings. The lowest BCUT2D eigenvalue weighted by Crippen LogP contribution is -2.20. The van der Waals surface area contributed by atoms with Gasteiger partial charge in [-0.1, -0.05) is 54.0 Å². The first kappa shape index (κ1) is 21.6. The maximum absolute atomic E-state index is 12.4. The Hall–Kier alpha value is -3.12. The standard InChI is InChI=1S/C24H23BrN2O3/c1-16(2)21-13-18(25)11-12-22(21)30-15-23(28)26-19-9-6-10-20(14-19)27-24(29)17-7-4-3-5-8-17/h3-14,16H,15H2,1-2H3,(H,26,28)(H,27,29). The zero-order valence-corrected chi connectivity index (χ0v) is 18.4. The van der Waals surface area contributed by atoms with Crippen LogP contribution < -0.4 is 15.4 Å². The first-order chi connectivity index (χ1) is 14.4. The number of amides is 2. The summed E-state index contributed by atoms with van der Waals surface area (Å²) in [5.41, 5.74) is 2.77. The van der Waals surface area contributed by atoms with E-state index in [4.69, 9.17) is 4.74 Å². The quantitative estimate of drug-likeness (QED) is 0.459. The van der Waals surface area contributed by atoms with Gasteiger partial charge in [0.05, 0.1) is 0 Å². The first-order valence-corrected chi connectivity index (χ1v) is 10.4. The molecule has 0 heterocycles. The van der Waals surface area contributed by atoms with E-state index in [1.165, 1.54) is 0 Å². The highest BCUT2D eigenvalue weighted by atomic mass is 79.9. The second-order valence-electron chi connectivity index (χ2n) is 7.07. The molecule has 5 nitrogen and oxygen atoms in total. The van der Waals surface area contributed by atoms with E-state index in [1.807, 2.05) is 36.4 Å². The van der Waals surface area contributed by atoms with E-state index in [-0.39, 0.29) is 24.3 Å². The topological polar surface area (TPSA) is 67.4 Å². The van der Waals surface area contributed by atoms with Crippen LogP contribution in [-0.2, 0) is 4.79 Å². The highest BCUT2D eigenvalue weighted by molar-refractivity contribution is 9.10. The third kappa shape index (κ3) is 5.94.